The number of methoxy groups -OCH3 is 1. The highest BCUT2D eigenvalue weighted by atomic mass is 127. The number of nitrogens with zero attached hydrogens (tertiary/aromatic N) is 1. The monoisotopic (exact) mass is 469 g/mol. The molecule has 26 heavy (non-hydrogen) atoms. The average molecular weight is 469 g/mol. The van der Waals surface area contributed by atoms with Gasteiger partial charge in [0.25, 0.3) is 0 Å². The van der Waals surface area contributed by atoms with Crippen LogP contribution in [0.25, 0.3) is 0 Å². The fraction of sp³-hybridized carbons (Fsp3) is 0.350. The maximum absolute atomic E-state index is 5.94. The predicted molar refractivity (Wildman–Crippen MR) is 118 cm³/mol. The minimum Gasteiger partial charge on any atom is -0.381 e. The molecule has 5 nitrogen and oxygen atoms in total. The number of ether oxygens (including phenoxy) is 2. The molecule has 0 saturated heterocycles. The molecular weight excluding hydrogens is 441 g/mol. The van der Waals surface area contributed by atoms with Gasteiger partial charge in [0.05, 0.1) is 13.2 Å². The summed E-state index contributed by atoms with van der Waals surface area (Å²) in [5.74, 6) is 0.410. The fourth-order valence-electron chi connectivity index (χ4n) is 2.40. The number of guanidine groups is 1. The lowest BCUT2D eigenvalue weighted by atomic mass is 10.2. The summed E-state index contributed by atoms with van der Waals surface area (Å²) < 4.78 is 10.8. The number of hydrogen-bond donors (Lipinski definition) is 2. The molecule has 0 bridgehead atoms. The molecule has 0 amide bonds. The minimum atomic E-state index is 0. The zero-order valence-electron chi connectivity index (χ0n) is 15.2. The van der Waals surface area contributed by atoms with Crippen molar-refractivity contribution in [2.75, 3.05) is 32.2 Å². The SMILES string of the molecule is COCc1ccccc1NC(N)=NCCCOCCc1ccccc1.I. The Labute approximate surface area is 173 Å². The van der Waals surface area contributed by atoms with Gasteiger partial charge in [0.1, 0.15) is 0 Å². The van der Waals surface area contributed by atoms with E-state index in [1.54, 1.807) is 7.11 Å². The largest absolute Gasteiger partial charge is 0.381 e. The maximum Gasteiger partial charge on any atom is 0.193 e. The van der Waals surface area contributed by atoms with Crippen molar-refractivity contribution >= 4 is 35.6 Å². The number of anilines is 1. The highest BCUT2D eigenvalue weighted by molar-refractivity contribution is 14.0. The van der Waals surface area contributed by atoms with Crippen LogP contribution in [0.3, 0.4) is 0 Å². The van der Waals surface area contributed by atoms with E-state index in [-0.39, 0.29) is 24.0 Å². The van der Waals surface area contributed by atoms with Crippen molar-refractivity contribution in [2.45, 2.75) is 19.4 Å². The topological polar surface area (TPSA) is 68.9 Å². The first-order chi connectivity index (χ1) is 12.3. The zero-order chi connectivity index (χ0) is 17.7. The summed E-state index contributed by atoms with van der Waals surface area (Å²) in [6, 6.07) is 18.2. The van der Waals surface area contributed by atoms with E-state index in [1.165, 1.54) is 5.56 Å². The van der Waals surface area contributed by atoms with Gasteiger partial charge < -0.3 is 20.5 Å². The van der Waals surface area contributed by atoms with Gasteiger partial charge in [-0.15, -0.1) is 24.0 Å². The molecule has 0 saturated carbocycles. The molecule has 0 aromatic heterocycles. The predicted octanol–water partition coefficient (Wildman–Crippen LogP) is 3.83. The number of halogens is 1. The standard InChI is InChI=1S/C20H27N3O2.HI/c1-24-16-18-10-5-6-11-19(18)23-20(21)22-13-7-14-25-15-12-17-8-3-2-4-9-17;/h2-6,8-11H,7,12-16H2,1H3,(H3,21,22,23);1H. The van der Waals surface area contributed by atoms with Crippen LogP contribution in [-0.2, 0) is 22.5 Å². The van der Waals surface area contributed by atoms with Gasteiger partial charge in [-0.1, -0.05) is 48.5 Å². The lowest BCUT2D eigenvalue weighted by Crippen LogP contribution is -2.23. The molecule has 3 N–H and O–H groups in total. The van der Waals surface area contributed by atoms with E-state index in [0.29, 0.717) is 25.7 Å². The molecule has 2 rings (SSSR count). The van der Waals surface area contributed by atoms with E-state index in [4.69, 9.17) is 15.2 Å². The average Bonchev–Trinajstić information content (AvgIpc) is 2.63. The first-order valence-electron chi connectivity index (χ1n) is 8.55. The highest BCUT2D eigenvalue weighted by Gasteiger charge is 2.02. The van der Waals surface area contributed by atoms with Crippen molar-refractivity contribution in [3.05, 3.63) is 65.7 Å². The lowest BCUT2D eigenvalue weighted by Gasteiger charge is -2.10. The van der Waals surface area contributed by atoms with E-state index in [1.807, 2.05) is 42.5 Å². The van der Waals surface area contributed by atoms with Crippen LogP contribution in [0.4, 0.5) is 5.69 Å². The smallest absolute Gasteiger partial charge is 0.193 e. The number of nitrogens with two attached hydrogens (primary N) is 1. The van der Waals surface area contributed by atoms with E-state index in [9.17, 15) is 0 Å². The van der Waals surface area contributed by atoms with Crippen LogP contribution >= 0.6 is 24.0 Å². The first kappa shape index (κ1) is 22.4. The Balaban J connectivity index is 0.00000338. The molecule has 0 radical (unpaired) electrons. The van der Waals surface area contributed by atoms with Crippen LogP contribution in [0.15, 0.2) is 59.6 Å². The van der Waals surface area contributed by atoms with Crippen LogP contribution < -0.4 is 11.1 Å². The Morgan fingerprint density at radius 2 is 1.77 bits per heavy atom. The molecular formula is C20H28IN3O2. The molecule has 0 heterocycles. The van der Waals surface area contributed by atoms with Crippen LogP contribution in [0.5, 0.6) is 0 Å². The normalized spacial score (nSPS) is 11.0. The van der Waals surface area contributed by atoms with Crippen LogP contribution in [0.1, 0.15) is 17.5 Å². The van der Waals surface area contributed by atoms with Gasteiger partial charge in [-0.2, -0.15) is 0 Å². The zero-order valence-corrected chi connectivity index (χ0v) is 17.5. The Bertz CT molecular complexity index is 651. The first-order valence-corrected chi connectivity index (χ1v) is 8.55. The highest BCUT2D eigenvalue weighted by Crippen LogP contribution is 2.15. The number of benzene rings is 2. The van der Waals surface area contributed by atoms with E-state index >= 15 is 0 Å². The molecule has 0 unspecified atom stereocenters. The summed E-state index contributed by atoms with van der Waals surface area (Å²) in [5, 5.41) is 3.13. The summed E-state index contributed by atoms with van der Waals surface area (Å²) in [6.07, 6.45) is 1.78. The van der Waals surface area contributed by atoms with E-state index < -0.39 is 0 Å². The lowest BCUT2D eigenvalue weighted by molar-refractivity contribution is 0.136. The molecule has 142 valence electrons. The number of rotatable bonds is 10. The van der Waals surface area contributed by atoms with Crippen molar-refractivity contribution < 1.29 is 9.47 Å². The second-order valence-electron chi connectivity index (χ2n) is 5.68. The Morgan fingerprint density at radius 3 is 2.54 bits per heavy atom. The second kappa shape index (κ2) is 13.5. The van der Waals surface area contributed by atoms with Gasteiger partial charge in [0.15, 0.2) is 5.96 Å². The van der Waals surface area contributed by atoms with Gasteiger partial charge in [0, 0.05) is 31.5 Å². The van der Waals surface area contributed by atoms with Gasteiger partial charge in [0.2, 0.25) is 0 Å². The molecule has 0 aliphatic rings. The van der Waals surface area contributed by atoms with Crippen molar-refractivity contribution in [1.29, 1.82) is 0 Å². The van der Waals surface area contributed by atoms with Crippen LogP contribution in [0.2, 0.25) is 0 Å². The van der Waals surface area contributed by atoms with E-state index in [2.05, 4.69) is 22.4 Å². The van der Waals surface area contributed by atoms with Gasteiger partial charge in [-0.25, -0.2) is 0 Å². The Morgan fingerprint density at radius 1 is 1.04 bits per heavy atom. The molecule has 6 heteroatoms. The van der Waals surface area contributed by atoms with Crippen molar-refractivity contribution in [1.82, 2.24) is 0 Å². The third-order valence-corrected chi connectivity index (χ3v) is 3.69. The Kier molecular flexibility index (Phi) is 11.7. The summed E-state index contributed by atoms with van der Waals surface area (Å²) in [7, 11) is 1.67. The third kappa shape index (κ3) is 8.64. The number of nitrogens with one attached hydrogen (secondary N) is 1. The summed E-state index contributed by atoms with van der Waals surface area (Å²) >= 11 is 0. The second-order valence-corrected chi connectivity index (χ2v) is 5.68. The third-order valence-electron chi connectivity index (χ3n) is 3.69. The molecule has 0 fully saturated rings. The molecule has 2 aromatic rings. The molecule has 2 aromatic carbocycles. The quantitative estimate of drug-likeness (QED) is 0.240. The van der Waals surface area contributed by atoms with E-state index in [0.717, 1.165) is 30.7 Å². The van der Waals surface area contributed by atoms with Gasteiger partial charge in [-0.05, 0) is 24.5 Å². The summed E-state index contributed by atoms with van der Waals surface area (Å²) in [5.41, 5.74) is 9.21. The van der Waals surface area contributed by atoms with Gasteiger partial charge in [-0.3, -0.25) is 4.99 Å². The Hall–Kier alpha value is -1.64. The van der Waals surface area contributed by atoms with Crippen molar-refractivity contribution in [3.63, 3.8) is 0 Å². The summed E-state index contributed by atoms with van der Waals surface area (Å²) in [6.45, 7) is 2.58. The molecule has 0 spiro atoms. The molecule has 0 aliphatic heterocycles. The maximum atomic E-state index is 5.94. The molecule has 0 atom stereocenters. The van der Waals surface area contributed by atoms with Gasteiger partial charge >= 0.3 is 0 Å². The minimum absolute atomic E-state index is 0. The van der Waals surface area contributed by atoms with Crippen molar-refractivity contribution in [3.8, 4) is 0 Å². The molecule has 0 aliphatic carbocycles. The summed E-state index contributed by atoms with van der Waals surface area (Å²) in [4.78, 5) is 4.34. The van der Waals surface area contributed by atoms with Crippen LogP contribution in [-0.4, -0.2) is 32.8 Å². The fourth-order valence-corrected chi connectivity index (χ4v) is 2.40. The van der Waals surface area contributed by atoms with Crippen molar-refractivity contribution in [2.24, 2.45) is 10.7 Å². The number of aliphatic imine (C=N–C) groups is 1. The number of para-hydroxylation sites is 1. The van der Waals surface area contributed by atoms with Crippen LogP contribution in [0, 0.1) is 0 Å². The number of hydrogen-bond acceptors (Lipinski definition) is 3.